The van der Waals surface area contributed by atoms with E-state index in [-0.39, 0.29) is 5.91 Å². The molecule has 1 saturated heterocycles. The molecule has 1 amide bonds. The summed E-state index contributed by atoms with van der Waals surface area (Å²) in [6.07, 6.45) is 4.46. The number of rotatable bonds is 6. The molecular weight excluding hydrogens is 344 g/mol. The molecule has 2 aliphatic heterocycles. The fraction of sp³-hybridized carbons (Fsp3) is 0.474. The molecule has 2 aromatic heterocycles. The van der Waals surface area contributed by atoms with Gasteiger partial charge < -0.3 is 19.9 Å². The van der Waals surface area contributed by atoms with E-state index in [1.165, 1.54) is 0 Å². The van der Waals surface area contributed by atoms with Crippen LogP contribution in [0.15, 0.2) is 24.5 Å². The number of pyridine rings is 1. The molecule has 0 atom stereocenters. The molecule has 2 aromatic rings. The first kappa shape index (κ1) is 17.7. The predicted molar refractivity (Wildman–Crippen MR) is 102 cm³/mol. The summed E-state index contributed by atoms with van der Waals surface area (Å²) in [5.41, 5.74) is 2.52. The second-order valence-corrected chi connectivity index (χ2v) is 6.73. The van der Waals surface area contributed by atoms with Gasteiger partial charge >= 0.3 is 0 Å². The summed E-state index contributed by atoms with van der Waals surface area (Å²) in [5, 5.41) is 3.41. The van der Waals surface area contributed by atoms with Gasteiger partial charge in [-0.25, -0.2) is 4.98 Å². The van der Waals surface area contributed by atoms with Crippen molar-refractivity contribution in [2.45, 2.75) is 26.4 Å². The standard InChI is InChI=1S/C19H24N6O2/c1-2-7-25-13-15-16(18(25)26)22-19(24-8-10-27-11-9-24)23-17(15)21-12-14-3-5-20-6-4-14/h3-6H,2,7-13H2,1H3,(H,21,22,23). The van der Waals surface area contributed by atoms with Crippen LogP contribution in [0.5, 0.6) is 0 Å². The van der Waals surface area contributed by atoms with Crippen LogP contribution >= 0.6 is 0 Å². The molecule has 4 rings (SSSR count). The lowest BCUT2D eigenvalue weighted by Gasteiger charge is -2.27. The number of carbonyl (C=O) groups is 1. The van der Waals surface area contributed by atoms with Crippen molar-refractivity contribution in [3.63, 3.8) is 0 Å². The number of ether oxygens (including phenoxy) is 1. The zero-order chi connectivity index (χ0) is 18.6. The molecule has 0 bridgehead atoms. The number of anilines is 2. The Morgan fingerprint density at radius 1 is 1.19 bits per heavy atom. The highest BCUT2D eigenvalue weighted by Gasteiger charge is 2.33. The molecule has 2 aliphatic rings. The minimum atomic E-state index is -0.00396. The number of fused-ring (bicyclic) bond motifs is 1. The summed E-state index contributed by atoms with van der Waals surface area (Å²) in [6, 6.07) is 3.93. The molecular formula is C19H24N6O2. The SMILES string of the molecule is CCCN1Cc2c(NCc3ccncc3)nc(N3CCOCC3)nc2C1=O. The Morgan fingerprint density at radius 2 is 1.96 bits per heavy atom. The summed E-state index contributed by atoms with van der Waals surface area (Å²) in [5.74, 6) is 1.34. The van der Waals surface area contributed by atoms with Gasteiger partial charge in [0.05, 0.1) is 19.8 Å². The topological polar surface area (TPSA) is 83.5 Å². The van der Waals surface area contributed by atoms with E-state index in [1.807, 2.05) is 17.0 Å². The molecule has 0 radical (unpaired) electrons. The van der Waals surface area contributed by atoms with Gasteiger partial charge in [-0.2, -0.15) is 4.98 Å². The van der Waals surface area contributed by atoms with Crippen LogP contribution in [-0.4, -0.2) is 58.6 Å². The monoisotopic (exact) mass is 368 g/mol. The van der Waals surface area contributed by atoms with E-state index >= 15 is 0 Å². The minimum Gasteiger partial charge on any atom is -0.378 e. The molecule has 0 unspecified atom stereocenters. The maximum Gasteiger partial charge on any atom is 0.273 e. The normalized spacial score (nSPS) is 16.6. The Labute approximate surface area is 158 Å². The van der Waals surface area contributed by atoms with Crippen LogP contribution in [-0.2, 0) is 17.8 Å². The van der Waals surface area contributed by atoms with E-state index in [1.54, 1.807) is 12.4 Å². The van der Waals surface area contributed by atoms with Crippen molar-refractivity contribution >= 4 is 17.7 Å². The summed E-state index contributed by atoms with van der Waals surface area (Å²) < 4.78 is 5.43. The Bertz CT molecular complexity index is 807. The first-order valence-corrected chi connectivity index (χ1v) is 9.42. The molecule has 4 heterocycles. The van der Waals surface area contributed by atoms with Crippen molar-refractivity contribution in [1.82, 2.24) is 19.9 Å². The lowest BCUT2D eigenvalue weighted by molar-refractivity contribution is 0.0774. The van der Waals surface area contributed by atoms with Crippen molar-refractivity contribution in [3.8, 4) is 0 Å². The minimum absolute atomic E-state index is 0.00396. The smallest absolute Gasteiger partial charge is 0.273 e. The molecule has 1 N–H and O–H groups in total. The molecule has 27 heavy (non-hydrogen) atoms. The first-order chi connectivity index (χ1) is 13.3. The maximum atomic E-state index is 12.8. The van der Waals surface area contributed by atoms with Crippen LogP contribution in [0.2, 0.25) is 0 Å². The number of carbonyl (C=O) groups excluding carboxylic acids is 1. The Balaban J connectivity index is 1.64. The van der Waals surface area contributed by atoms with Gasteiger partial charge in [0, 0.05) is 44.1 Å². The van der Waals surface area contributed by atoms with Crippen LogP contribution in [0.25, 0.3) is 0 Å². The number of amides is 1. The second kappa shape index (κ2) is 7.87. The van der Waals surface area contributed by atoms with E-state index in [0.29, 0.717) is 37.9 Å². The van der Waals surface area contributed by atoms with Gasteiger partial charge in [-0.3, -0.25) is 9.78 Å². The van der Waals surface area contributed by atoms with Crippen LogP contribution in [0.4, 0.5) is 11.8 Å². The number of aromatic nitrogens is 3. The lowest BCUT2D eigenvalue weighted by atomic mass is 10.2. The van der Waals surface area contributed by atoms with Crippen LogP contribution in [0, 0.1) is 0 Å². The van der Waals surface area contributed by atoms with E-state index in [9.17, 15) is 4.79 Å². The van der Waals surface area contributed by atoms with Gasteiger partial charge in [0.15, 0.2) is 0 Å². The fourth-order valence-corrected chi connectivity index (χ4v) is 3.40. The van der Waals surface area contributed by atoms with Gasteiger partial charge in [0.2, 0.25) is 5.95 Å². The average molecular weight is 368 g/mol. The Morgan fingerprint density at radius 3 is 2.70 bits per heavy atom. The van der Waals surface area contributed by atoms with E-state index in [0.717, 1.165) is 43.0 Å². The summed E-state index contributed by atoms with van der Waals surface area (Å²) in [6.45, 7) is 6.74. The highest BCUT2D eigenvalue weighted by Crippen LogP contribution is 2.29. The third-order valence-electron chi connectivity index (χ3n) is 4.83. The van der Waals surface area contributed by atoms with Crippen molar-refractivity contribution in [2.75, 3.05) is 43.1 Å². The van der Waals surface area contributed by atoms with Crippen molar-refractivity contribution in [2.24, 2.45) is 0 Å². The number of morpholine rings is 1. The highest BCUT2D eigenvalue weighted by molar-refractivity contribution is 5.98. The third-order valence-corrected chi connectivity index (χ3v) is 4.83. The number of hydrogen-bond acceptors (Lipinski definition) is 7. The predicted octanol–water partition coefficient (Wildman–Crippen LogP) is 1.69. The summed E-state index contributed by atoms with van der Waals surface area (Å²) >= 11 is 0. The van der Waals surface area contributed by atoms with E-state index < -0.39 is 0 Å². The van der Waals surface area contributed by atoms with Crippen LogP contribution < -0.4 is 10.2 Å². The van der Waals surface area contributed by atoms with Gasteiger partial charge in [0.25, 0.3) is 5.91 Å². The summed E-state index contributed by atoms with van der Waals surface area (Å²) in [7, 11) is 0. The summed E-state index contributed by atoms with van der Waals surface area (Å²) in [4.78, 5) is 30.2. The molecule has 1 fully saturated rings. The first-order valence-electron chi connectivity index (χ1n) is 9.42. The van der Waals surface area contributed by atoms with Crippen LogP contribution in [0.1, 0.15) is 35.0 Å². The van der Waals surface area contributed by atoms with Crippen molar-refractivity contribution in [1.29, 1.82) is 0 Å². The molecule has 8 nitrogen and oxygen atoms in total. The van der Waals surface area contributed by atoms with Gasteiger partial charge in [-0.05, 0) is 24.1 Å². The van der Waals surface area contributed by atoms with E-state index in [4.69, 9.17) is 9.72 Å². The number of nitrogens with one attached hydrogen (secondary N) is 1. The Hall–Kier alpha value is -2.74. The average Bonchev–Trinajstić information content (AvgIpc) is 3.04. The van der Waals surface area contributed by atoms with Gasteiger partial charge in [-0.15, -0.1) is 0 Å². The molecule has 0 aliphatic carbocycles. The fourth-order valence-electron chi connectivity index (χ4n) is 3.40. The zero-order valence-corrected chi connectivity index (χ0v) is 15.5. The van der Waals surface area contributed by atoms with Crippen molar-refractivity contribution < 1.29 is 9.53 Å². The Kier molecular flexibility index (Phi) is 5.15. The second-order valence-electron chi connectivity index (χ2n) is 6.73. The largest absolute Gasteiger partial charge is 0.378 e. The van der Waals surface area contributed by atoms with Gasteiger partial charge in [-0.1, -0.05) is 6.92 Å². The van der Waals surface area contributed by atoms with Gasteiger partial charge in [0.1, 0.15) is 11.5 Å². The molecule has 8 heteroatoms. The molecule has 142 valence electrons. The number of hydrogen-bond donors (Lipinski definition) is 1. The quantitative estimate of drug-likeness (QED) is 0.830. The van der Waals surface area contributed by atoms with Crippen LogP contribution in [0.3, 0.4) is 0 Å². The zero-order valence-electron chi connectivity index (χ0n) is 15.5. The molecule has 0 aromatic carbocycles. The lowest BCUT2D eigenvalue weighted by Crippen LogP contribution is -2.37. The molecule has 0 spiro atoms. The number of nitrogens with zero attached hydrogens (tertiary/aromatic N) is 5. The highest BCUT2D eigenvalue weighted by atomic mass is 16.5. The van der Waals surface area contributed by atoms with E-state index in [2.05, 4.69) is 27.1 Å². The maximum absolute atomic E-state index is 12.8. The third kappa shape index (κ3) is 3.71. The van der Waals surface area contributed by atoms with Crippen molar-refractivity contribution in [3.05, 3.63) is 41.3 Å². The molecule has 0 saturated carbocycles.